The zero-order valence-corrected chi connectivity index (χ0v) is 13.6. The molecule has 1 heterocycles. The normalized spacial score (nSPS) is 10.3. The lowest BCUT2D eigenvalue weighted by atomic mass is 10.2. The van der Waals surface area contributed by atoms with Crippen molar-refractivity contribution in [3.63, 3.8) is 0 Å². The molecule has 10 heteroatoms. The van der Waals surface area contributed by atoms with Crippen LogP contribution in [0.5, 0.6) is 0 Å². The van der Waals surface area contributed by atoms with Gasteiger partial charge in [-0.2, -0.15) is 5.10 Å². The van der Waals surface area contributed by atoms with E-state index in [1.807, 2.05) is 6.07 Å². The van der Waals surface area contributed by atoms with Gasteiger partial charge in [-0.25, -0.2) is 0 Å². The summed E-state index contributed by atoms with van der Waals surface area (Å²) in [5.41, 5.74) is 5.22. The molecule has 0 fully saturated rings. The molecule has 24 heavy (non-hydrogen) atoms. The summed E-state index contributed by atoms with van der Waals surface area (Å²) in [6.07, 6.45) is 0. The SMILES string of the molecule is Cc1cc(C)n(CC(=O)NNC(=O)c2ccc(Cl)cc2[N+](=O)[O-])n1. The largest absolute Gasteiger partial charge is 0.283 e. The highest BCUT2D eigenvalue weighted by Gasteiger charge is 2.21. The molecule has 0 aliphatic heterocycles. The third kappa shape index (κ3) is 4.07. The molecule has 2 amide bonds. The number of halogens is 1. The molecule has 1 aromatic carbocycles. The average molecular weight is 352 g/mol. The molecule has 126 valence electrons. The molecule has 0 unspecified atom stereocenters. The number of hydrazine groups is 1. The van der Waals surface area contributed by atoms with Crippen molar-refractivity contribution < 1.29 is 14.5 Å². The van der Waals surface area contributed by atoms with E-state index in [2.05, 4.69) is 16.0 Å². The number of hydrogen-bond donors (Lipinski definition) is 2. The van der Waals surface area contributed by atoms with E-state index in [1.165, 1.54) is 16.8 Å². The summed E-state index contributed by atoms with van der Waals surface area (Å²) >= 11 is 5.68. The highest BCUT2D eigenvalue weighted by Crippen LogP contribution is 2.22. The fourth-order valence-corrected chi connectivity index (χ4v) is 2.22. The monoisotopic (exact) mass is 351 g/mol. The Labute approximate surface area is 141 Å². The van der Waals surface area contributed by atoms with Crippen molar-refractivity contribution in [1.82, 2.24) is 20.6 Å². The first-order valence-corrected chi connectivity index (χ1v) is 7.20. The van der Waals surface area contributed by atoms with Gasteiger partial charge < -0.3 is 0 Å². The van der Waals surface area contributed by atoms with Gasteiger partial charge in [0, 0.05) is 16.8 Å². The zero-order chi connectivity index (χ0) is 17.9. The lowest BCUT2D eigenvalue weighted by molar-refractivity contribution is -0.385. The Balaban J connectivity index is 2.02. The van der Waals surface area contributed by atoms with E-state index in [0.29, 0.717) is 0 Å². The van der Waals surface area contributed by atoms with Gasteiger partial charge in [-0.05, 0) is 32.0 Å². The molecular weight excluding hydrogens is 338 g/mol. The number of carbonyl (C=O) groups is 2. The van der Waals surface area contributed by atoms with Gasteiger partial charge in [0.1, 0.15) is 12.1 Å². The van der Waals surface area contributed by atoms with Crippen molar-refractivity contribution in [2.45, 2.75) is 20.4 Å². The van der Waals surface area contributed by atoms with Crippen molar-refractivity contribution in [3.8, 4) is 0 Å². The number of nitro groups is 1. The number of aryl methyl sites for hydroxylation is 2. The molecule has 2 aromatic rings. The summed E-state index contributed by atoms with van der Waals surface area (Å²) < 4.78 is 1.47. The van der Waals surface area contributed by atoms with Gasteiger partial charge in [0.25, 0.3) is 17.5 Å². The van der Waals surface area contributed by atoms with E-state index < -0.39 is 22.4 Å². The highest BCUT2D eigenvalue weighted by molar-refractivity contribution is 6.31. The fraction of sp³-hybridized carbons (Fsp3) is 0.214. The molecule has 9 nitrogen and oxygen atoms in total. The van der Waals surface area contributed by atoms with Crippen LogP contribution >= 0.6 is 11.6 Å². The zero-order valence-electron chi connectivity index (χ0n) is 12.9. The predicted molar refractivity (Wildman–Crippen MR) is 85.4 cm³/mol. The number of hydrogen-bond acceptors (Lipinski definition) is 5. The van der Waals surface area contributed by atoms with Crippen LogP contribution in [-0.2, 0) is 11.3 Å². The van der Waals surface area contributed by atoms with E-state index in [9.17, 15) is 19.7 Å². The lowest BCUT2D eigenvalue weighted by Crippen LogP contribution is -2.43. The van der Waals surface area contributed by atoms with Crippen LogP contribution in [0.2, 0.25) is 5.02 Å². The summed E-state index contributed by atoms with van der Waals surface area (Å²) in [6, 6.07) is 5.43. The van der Waals surface area contributed by atoms with Gasteiger partial charge in [0.05, 0.1) is 10.6 Å². The summed E-state index contributed by atoms with van der Waals surface area (Å²) in [5.74, 6) is -1.34. The van der Waals surface area contributed by atoms with Crippen LogP contribution in [-0.4, -0.2) is 26.5 Å². The van der Waals surface area contributed by atoms with Crippen LogP contribution in [0.3, 0.4) is 0 Å². The quantitative estimate of drug-likeness (QED) is 0.639. The third-order valence-electron chi connectivity index (χ3n) is 3.11. The Morgan fingerprint density at radius 1 is 1.29 bits per heavy atom. The van der Waals surface area contributed by atoms with E-state index in [1.54, 1.807) is 13.8 Å². The van der Waals surface area contributed by atoms with Gasteiger partial charge in [-0.1, -0.05) is 11.6 Å². The summed E-state index contributed by atoms with van der Waals surface area (Å²) in [4.78, 5) is 34.1. The summed E-state index contributed by atoms with van der Waals surface area (Å²) in [7, 11) is 0. The lowest BCUT2D eigenvalue weighted by Gasteiger charge is -2.09. The number of nitrogens with one attached hydrogen (secondary N) is 2. The molecule has 2 rings (SSSR count). The molecule has 1 aromatic heterocycles. The van der Waals surface area contributed by atoms with Crippen LogP contribution in [0.1, 0.15) is 21.7 Å². The number of amides is 2. The molecule has 0 atom stereocenters. The molecule has 0 saturated carbocycles. The van der Waals surface area contributed by atoms with Gasteiger partial charge in [0.2, 0.25) is 0 Å². The summed E-state index contributed by atoms with van der Waals surface area (Å²) in [5, 5.41) is 15.2. The van der Waals surface area contributed by atoms with E-state index in [0.717, 1.165) is 17.5 Å². The number of carbonyl (C=O) groups excluding carboxylic acids is 2. The number of aromatic nitrogens is 2. The second-order valence-corrected chi connectivity index (χ2v) is 5.44. The van der Waals surface area contributed by atoms with Crippen molar-refractivity contribution in [1.29, 1.82) is 0 Å². The second kappa shape index (κ2) is 7.09. The van der Waals surface area contributed by atoms with Gasteiger partial charge in [-0.15, -0.1) is 0 Å². The van der Waals surface area contributed by atoms with Crippen LogP contribution in [0.15, 0.2) is 24.3 Å². The number of nitro benzene ring substituents is 1. The minimum absolute atomic E-state index is 0.0946. The fourth-order valence-electron chi connectivity index (χ4n) is 2.05. The molecule has 0 aliphatic carbocycles. The Kier molecular flexibility index (Phi) is 5.14. The Bertz CT molecular complexity index is 817. The summed E-state index contributed by atoms with van der Waals surface area (Å²) in [6.45, 7) is 3.49. The van der Waals surface area contributed by atoms with E-state index >= 15 is 0 Å². The van der Waals surface area contributed by atoms with Crippen molar-refractivity contribution in [2.75, 3.05) is 0 Å². The Morgan fingerprint density at radius 3 is 2.58 bits per heavy atom. The molecule has 0 spiro atoms. The maximum Gasteiger partial charge on any atom is 0.283 e. The number of benzene rings is 1. The first-order valence-electron chi connectivity index (χ1n) is 6.82. The maximum absolute atomic E-state index is 12.0. The van der Waals surface area contributed by atoms with Crippen LogP contribution in [0, 0.1) is 24.0 Å². The maximum atomic E-state index is 12.0. The molecule has 0 radical (unpaired) electrons. The van der Waals surface area contributed by atoms with E-state index in [4.69, 9.17) is 11.6 Å². The first-order chi connectivity index (χ1) is 11.3. The van der Waals surface area contributed by atoms with Gasteiger partial charge >= 0.3 is 0 Å². The third-order valence-corrected chi connectivity index (χ3v) is 3.35. The predicted octanol–water partition coefficient (Wildman–Crippen LogP) is 1.52. The molecule has 0 bridgehead atoms. The van der Waals surface area contributed by atoms with Crippen LogP contribution in [0.25, 0.3) is 0 Å². The van der Waals surface area contributed by atoms with Gasteiger partial charge in [0.15, 0.2) is 0 Å². The average Bonchev–Trinajstić information content (AvgIpc) is 2.82. The second-order valence-electron chi connectivity index (χ2n) is 5.01. The first kappa shape index (κ1) is 17.4. The topological polar surface area (TPSA) is 119 Å². The minimum atomic E-state index is -0.819. The number of rotatable bonds is 4. The molecular formula is C14H14ClN5O4. The molecule has 0 aliphatic rings. The van der Waals surface area contributed by atoms with Crippen molar-refractivity contribution >= 4 is 29.1 Å². The van der Waals surface area contributed by atoms with Crippen molar-refractivity contribution in [2.24, 2.45) is 0 Å². The standard InChI is InChI=1S/C14H14ClN5O4/c1-8-5-9(2)19(18-8)7-13(21)16-17-14(22)11-4-3-10(15)6-12(11)20(23)24/h3-6H,7H2,1-2H3,(H,16,21)(H,17,22). The number of nitrogens with zero attached hydrogens (tertiary/aromatic N) is 3. The molecule has 0 saturated heterocycles. The van der Waals surface area contributed by atoms with Crippen LogP contribution in [0.4, 0.5) is 5.69 Å². The smallest absolute Gasteiger partial charge is 0.271 e. The van der Waals surface area contributed by atoms with Gasteiger partial charge in [-0.3, -0.25) is 35.2 Å². The molecule has 2 N–H and O–H groups in total. The highest BCUT2D eigenvalue weighted by atomic mass is 35.5. The Hall–Kier alpha value is -2.94. The van der Waals surface area contributed by atoms with Crippen LogP contribution < -0.4 is 10.9 Å². The van der Waals surface area contributed by atoms with E-state index in [-0.39, 0.29) is 17.1 Å². The van der Waals surface area contributed by atoms with Crippen molar-refractivity contribution in [3.05, 3.63) is 56.4 Å². The minimum Gasteiger partial charge on any atom is -0.271 e. The Morgan fingerprint density at radius 2 is 2.00 bits per heavy atom.